The van der Waals surface area contributed by atoms with Gasteiger partial charge in [-0.25, -0.2) is 0 Å². The van der Waals surface area contributed by atoms with Gasteiger partial charge in [-0.1, -0.05) is 66.2 Å². The van der Waals surface area contributed by atoms with Crippen LogP contribution in [-0.2, 0) is 21.7 Å². The highest BCUT2D eigenvalue weighted by Gasteiger charge is 2.43. The Kier molecular flexibility index (Phi) is 6.08. The van der Waals surface area contributed by atoms with Gasteiger partial charge in [-0.05, 0) is 60.7 Å². The minimum absolute atomic E-state index is 0.0891. The number of nitrogens with one attached hydrogen (secondary N) is 1. The Hall–Kier alpha value is -3.12. The predicted octanol–water partition coefficient (Wildman–Crippen LogP) is 6.20. The van der Waals surface area contributed by atoms with Gasteiger partial charge < -0.3 is 14.1 Å². The Morgan fingerprint density at radius 3 is 2.50 bits per heavy atom. The lowest BCUT2D eigenvalue weighted by Gasteiger charge is -2.40. The zero-order valence-corrected chi connectivity index (χ0v) is 21.0. The summed E-state index contributed by atoms with van der Waals surface area (Å²) in [5.74, 6) is 0.859. The van der Waals surface area contributed by atoms with E-state index in [9.17, 15) is 4.79 Å². The fraction of sp³-hybridized carbons (Fsp3) is 0.300. The van der Waals surface area contributed by atoms with Crippen molar-refractivity contribution >= 4 is 28.5 Å². The third-order valence-corrected chi connectivity index (χ3v) is 7.87. The molecule has 0 bridgehead atoms. The zero-order valence-electron chi connectivity index (χ0n) is 20.2. The van der Waals surface area contributed by atoms with Crippen molar-refractivity contribution in [2.45, 2.75) is 44.1 Å². The molecule has 1 N–H and O–H groups in total. The maximum atomic E-state index is 13.5. The summed E-state index contributed by atoms with van der Waals surface area (Å²) in [5, 5.41) is 5.25. The standard InChI is InChI=1S/C30H29ClN2O3/c1-20(29(34)33-16-14-30(15-17-33)25-8-4-2-7-23(25)19-35-30)32-28(21-10-12-24(31)13-11-21)27-18-22-6-3-5-9-26(22)36-27/h2-13,18,20,28,32H,14-17,19H2,1H3/t20-,28?/m1/s1. The molecule has 0 aliphatic carbocycles. The summed E-state index contributed by atoms with van der Waals surface area (Å²) < 4.78 is 12.5. The maximum absolute atomic E-state index is 13.5. The lowest BCUT2D eigenvalue weighted by molar-refractivity contribution is -0.140. The Labute approximate surface area is 216 Å². The first-order valence-corrected chi connectivity index (χ1v) is 12.9. The highest BCUT2D eigenvalue weighted by molar-refractivity contribution is 6.30. The second-order valence-corrected chi connectivity index (χ2v) is 10.3. The number of piperidine rings is 1. The van der Waals surface area contributed by atoms with Crippen molar-refractivity contribution in [1.29, 1.82) is 0 Å². The summed E-state index contributed by atoms with van der Waals surface area (Å²) in [4.78, 5) is 15.5. The second-order valence-electron chi connectivity index (χ2n) is 9.82. The van der Waals surface area contributed by atoms with E-state index >= 15 is 0 Å². The van der Waals surface area contributed by atoms with Gasteiger partial charge in [0, 0.05) is 23.5 Å². The van der Waals surface area contributed by atoms with E-state index in [2.05, 4.69) is 29.6 Å². The molecule has 3 aromatic carbocycles. The average Bonchev–Trinajstić information content (AvgIpc) is 3.50. The van der Waals surface area contributed by atoms with Crippen LogP contribution in [0.5, 0.6) is 0 Å². The average molecular weight is 501 g/mol. The third-order valence-electron chi connectivity index (χ3n) is 7.61. The van der Waals surface area contributed by atoms with Gasteiger partial charge in [0.2, 0.25) is 5.91 Å². The Morgan fingerprint density at radius 1 is 1.00 bits per heavy atom. The van der Waals surface area contributed by atoms with Crippen LogP contribution in [0.25, 0.3) is 11.0 Å². The Balaban J connectivity index is 1.20. The number of nitrogens with zero attached hydrogens (tertiary/aromatic N) is 1. The molecule has 0 radical (unpaired) electrons. The van der Waals surface area contributed by atoms with Crippen LogP contribution in [0, 0.1) is 0 Å². The number of carbonyl (C=O) groups is 1. The number of rotatable bonds is 5. The highest BCUT2D eigenvalue weighted by atomic mass is 35.5. The molecular formula is C30H29ClN2O3. The molecule has 184 valence electrons. The number of amides is 1. The number of hydrogen-bond donors (Lipinski definition) is 1. The molecule has 2 atom stereocenters. The largest absolute Gasteiger partial charge is 0.459 e. The second kappa shape index (κ2) is 9.40. The number of benzene rings is 3. The van der Waals surface area contributed by atoms with Gasteiger partial charge in [0.15, 0.2) is 0 Å². The maximum Gasteiger partial charge on any atom is 0.239 e. The number of carbonyl (C=O) groups excluding carboxylic acids is 1. The molecule has 6 heteroatoms. The molecule has 1 aromatic heterocycles. The summed E-state index contributed by atoms with van der Waals surface area (Å²) in [6.45, 7) is 3.94. The van der Waals surface area contributed by atoms with Crippen molar-refractivity contribution in [3.63, 3.8) is 0 Å². The minimum Gasteiger partial charge on any atom is -0.459 e. The molecule has 1 unspecified atom stereocenters. The van der Waals surface area contributed by atoms with E-state index in [1.807, 2.05) is 66.4 Å². The van der Waals surface area contributed by atoms with E-state index in [1.54, 1.807) is 0 Å². The molecule has 6 rings (SSSR count). The molecule has 4 aromatic rings. The quantitative estimate of drug-likeness (QED) is 0.354. The van der Waals surface area contributed by atoms with Gasteiger partial charge in [0.25, 0.3) is 0 Å². The Bertz CT molecular complexity index is 1360. The Morgan fingerprint density at radius 2 is 1.72 bits per heavy atom. The predicted molar refractivity (Wildman–Crippen MR) is 141 cm³/mol. The minimum atomic E-state index is -0.398. The van der Waals surface area contributed by atoms with Gasteiger partial charge in [0.1, 0.15) is 11.3 Å². The van der Waals surface area contributed by atoms with Gasteiger partial charge in [0.05, 0.1) is 24.3 Å². The molecule has 36 heavy (non-hydrogen) atoms. The van der Waals surface area contributed by atoms with Crippen molar-refractivity contribution < 1.29 is 13.9 Å². The number of hydrogen-bond acceptors (Lipinski definition) is 4. The van der Waals surface area contributed by atoms with Crippen LogP contribution in [-0.4, -0.2) is 29.9 Å². The van der Waals surface area contributed by atoms with Gasteiger partial charge in [-0.3, -0.25) is 10.1 Å². The van der Waals surface area contributed by atoms with E-state index in [0.29, 0.717) is 24.7 Å². The van der Waals surface area contributed by atoms with Gasteiger partial charge in [-0.15, -0.1) is 0 Å². The first kappa shape index (κ1) is 23.3. The van der Waals surface area contributed by atoms with E-state index in [0.717, 1.165) is 35.1 Å². The lowest BCUT2D eigenvalue weighted by atomic mass is 9.83. The number of furan rings is 1. The number of para-hydroxylation sites is 1. The number of halogens is 1. The lowest BCUT2D eigenvalue weighted by Crippen LogP contribution is -2.51. The summed E-state index contributed by atoms with van der Waals surface area (Å²) in [5.41, 5.74) is 4.11. The molecule has 1 spiro atoms. The smallest absolute Gasteiger partial charge is 0.239 e. The number of fused-ring (bicyclic) bond motifs is 3. The van der Waals surface area contributed by atoms with Crippen LogP contribution < -0.4 is 5.32 Å². The SMILES string of the molecule is C[C@@H](NC(c1ccc(Cl)cc1)c1cc2ccccc2o1)C(=O)N1CCC2(CC1)OCc1ccccc12. The first-order valence-electron chi connectivity index (χ1n) is 12.5. The molecule has 2 aliphatic rings. The normalized spacial score (nSPS) is 18.3. The topological polar surface area (TPSA) is 54.7 Å². The summed E-state index contributed by atoms with van der Waals surface area (Å²) >= 11 is 6.15. The van der Waals surface area contributed by atoms with Gasteiger partial charge >= 0.3 is 0 Å². The fourth-order valence-electron chi connectivity index (χ4n) is 5.62. The molecule has 1 fully saturated rings. The highest BCUT2D eigenvalue weighted by Crippen LogP contribution is 2.44. The van der Waals surface area contributed by atoms with Crippen LogP contribution in [0.2, 0.25) is 5.02 Å². The molecule has 5 nitrogen and oxygen atoms in total. The van der Waals surface area contributed by atoms with Crippen molar-refractivity contribution in [2.24, 2.45) is 0 Å². The third kappa shape index (κ3) is 4.21. The fourth-order valence-corrected chi connectivity index (χ4v) is 5.75. The summed E-state index contributed by atoms with van der Waals surface area (Å²) in [6, 6.07) is 25.4. The van der Waals surface area contributed by atoms with Crippen molar-refractivity contribution in [3.05, 3.63) is 106 Å². The molecule has 1 amide bonds. The van der Waals surface area contributed by atoms with Gasteiger partial charge in [-0.2, -0.15) is 0 Å². The summed E-state index contributed by atoms with van der Waals surface area (Å²) in [7, 11) is 0. The van der Waals surface area contributed by atoms with Crippen molar-refractivity contribution in [3.8, 4) is 0 Å². The van der Waals surface area contributed by atoms with Crippen LogP contribution in [0.4, 0.5) is 0 Å². The molecule has 0 saturated carbocycles. The molecule has 3 heterocycles. The van der Waals surface area contributed by atoms with E-state index in [4.69, 9.17) is 20.8 Å². The van der Waals surface area contributed by atoms with Crippen LogP contribution in [0.15, 0.2) is 83.3 Å². The zero-order chi connectivity index (χ0) is 24.7. The molecule has 1 saturated heterocycles. The summed E-state index contributed by atoms with van der Waals surface area (Å²) in [6.07, 6.45) is 1.62. The van der Waals surface area contributed by atoms with E-state index in [-0.39, 0.29) is 17.6 Å². The van der Waals surface area contributed by atoms with Crippen LogP contribution >= 0.6 is 11.6 Å². The van der Waals surface area contributed by atoms with Crippen molar-refractivity contribution in [2.75, 3.05) is 13.1 Å². The van der Waals surface area contributed by atoms with Crippen LogP contribution in [0.3, 0.4) is 0 Å². The van der Waals surface area contributed by atoms with E-state index < -0.39 is 6.04 Å². The van der Waals surface area contributed by atoms with Crippen LogP contribution in [0.1, 0.15) is 48.3 Å². The first-order chi connectivity index (χ1) is 17.5. The monoisotopic (exact) mass is 500 g/mol. The molecular weight excluding hydrogens is 472 g/mol. The van der Waals surface area contributed by atoms with E-state index in [1.165, 1.54) is 11.1 Å². The molecule has 2 aliphatic heterocycles. The number of likely N-dealkylation sites (tertiary alicyclic amines) is 1. The number of ether oxygens (including phenoxy) is 1. The van der Waals surface area contributed by atoms with Crippen molar-refractivity contribution in [1.82, 2.24) is 10.2 Å².